The Kier molecular flexibility index (Phi) is 4.92. The normalized spacial score (nSPS) is 18.0. The lowest BCUT2D eigenvalue weighted by molar-refractivity contribution is 0.329. The van der Waals surface area contributed by atoms with Crippen LogP contribution in [0.2, 0.25) is 0 Å². The van der Waals surface area contributed by atoms with Crippen molar-refractivity contribution in [3.63, 3.8) is 0 Å². The molecule has 1 nitrogen and oxygen atoms in total. The van der Waals surface area contributed by atoms with Gasteiger partial charge >= 0.3 is 0 Å². The summed E-state index contributed by atoms with van der Waals surface area (Å²) in [5, 5.41) is 6.38. The van der Waals surface area contributed by atoms with E-state index >= 15 is 0 Å². The number of nitrogens with one attached hydrogen (secondary N) is 1. The molecule has 1 aliphatic rings. The quantitative estimate of drug-likeness (QED) is 0.767. The Labute approximate surface area is 128 Å². The topological polar surface area (TPSA) is 12.0 Å². The number of hydrogen-bond donors (Lipinski definition) is 1. The molecule has 1 heteroatoms. The molecule has 0 spiro atoms. The molecular formula is C20H27N. The van der Waals surface area contributed by atoms with E-state index < -0.39 is 0 Å². The molecule has 1 unspecified atom stereocenters. The van der Waals surface area contributed by atoms with Crippen molar-refractivity contribution >= 4 is 10.8 Å². The fourth-order valence-corrected chi connectivity index (χ4v) is 3.57. The Balaban J connectivity index is 1.54. The molecule has 0 heterocycles. The molecule has 21 heavy (non-hydrogen) atoms. The van der Waals surface area contributed by atoms with E-state index in [9.17, 15) is 0 Å². The zero-order chi connectivity index (χ0) is 14.5. The molecule has 1 N–H and O–H groups in total. The average Bonchev–Trinajstić information content (AvgIpc) is 2.55. The van der Waals surface area contributed by atoms with Crippen LogP contribution in [0.3, 0.4) is 0 Å². The predicted molar refractivity (Wildman–Crippen MR) is 91.6 cm³/mol. The number of hydrogen-bond acceptors (Lipinski definition) is 1. The maximum absolute atomic E-state index is 3.71. The van der Waals surface area contributed by atoms with Crippen LogP contribution in [0.15, 0.2) is 42.5 Å². The molecule has 2 aromatic carbocycles. The SMILES string of the molecule is CC(NCCC1CCCCC1)c1ccc2ccccc2c1. The van der Waals surface area contributed by atoms with Crippen molar-refractivity contribution < 1.29 is 0 Å². The van der Waals surface area contributed by atoms with E-state index in [0.717, 1.165) is 12.5 Å². The van der Waals surface area contributed by atoms with Crippen molar-refractivity contribution in [3.05, 3.63) is 48.0 Å². The van der Waals surface area contributed by atoms with Gasteiger partial charge in [-0.25, -0.2) is 0 Å². The molecule has 0 bridgehead atoms. The van der Waals surface area contributed by atoms with Crippen molar-refractivity contribution in [1.82, 2.24) is 5.32 Å². The van der Waals surface area contributed by atoms with Crippen LogP contribution < -0.4 is 5.32 Å². The first-order chi connectivity index (χ1) is 10.3. The summed E-state index contributed by atoms with van der Waals surface area (Å²) in [5.74, 6) is 0.968. The third-order valence-corrected chi connectivity index (χ3v) is 5.00. The van der Waals surface area contributed by atoms with Gasteiger partial charge in [0.1, 0.15) is 0 Å². The molecule has 1 atom stereocenters. The fraction of sp³-hybridized carbons (Fsp3) is 0.500. The average molecular weight is 281 g/mol. The number of benzene rings is 2. The van der Waals surface area contributed by atoms with Crippen LogP contribution in [0.25, 0.3) is 10.8 Å². The first kappa shape index (κ1) is 14.6. The molecule has 0 saturated heterocycles. The lowest BCUT2D eigenvalue weighted by Crippen LogP contribution is -2.22. The largest absolute Gasteiger partial charge is 0.310 e. The van der Waals surface area contributed by atoms with Gasteiger partial charge < -0.3 is 5.32 Å². The Bertz CT molecular complexity index is 569. The third kappa shape index (κ3) is 3.85. The van der Waals surface area contributed by atoms with Gasteiger partial charge in [0.2, 0.25) is 0 Å². The standard InChI is InChI=1S/C20H27N/c1-16(21-14-13-17-7-3-2-4-8-17)19-12-11-18-9-5-6-10-20(18)15-19/h5-6,9-12,15-17,21H,2-4,7-8,13-14H2,1H3. The van der Waals surface area contributed by atoms with Gasteiger partial charge in [-0.3, -0.25) is 0 Å². The highest BCUT2D eigenvalue weighted by molar-refractivity contribution is 5.83. The van der Waals surface area contributed by atoms with Crippen LogP contribution in [0.4, 0.5) is 0 Å². The maximum atomic E-state index is 3.71. The molecule has 0 amide bonds. The highest BCUT2D eigenvalue weighted by atomic mass is 14.9. The van der Waals surface area contributed by atoms with Crippen molar-refractivity contribution in [3.8, 4) is 0 Å². The third-order valence-electron chi connectivity index (χ3n) is 5.00. The van der Waals surface area contributed by atoms with Gasteiger partial charge in [0.05, 0.1) is 0 Å². The van der Waals surface area contributed by atoms with Crippen molar-refractivity contribution in [1.29, 1.82) is 0 Å². The molecule has 0 aromatic heterocycles. The highest BCUT2D eigenvalue weighted by Gasteiger charge is 2.13. The van der Waals surface area contributed by atoms with Gasteiger partial charge in [0, 0.05) is 6.04 Å². The molecular weight excluding hydrogens is 254 g/mol. The minimum Gasteiger partial charge on any atom is -0.310 e. The van der Waals surface area contributed by atoms with Crippen molar-refractivity contribution in [2.24, 2.45) is 5.92 Å². The van der Waals surface area contributed by atoms with Gasteiger partial charge in [0.15, 0.2) is 0 Å². The molecule has 2 aromatic rings. The summed E-state index contributed by atoms with van der Waals surface area (Å²) in [7, 11) is 0. The van der Waals surface area contributed by atoms with Crippen LogP contribution in [-0.4, -0.2) is 6.54 Å². The van der Waals surface area contributed by atoms with E-state index in [1.807, 2.05) is 0 Å². The van der Waals surface area contributed by atoms with E-state index in [-0.39, 0.29) is 0 Å². The summed E-state index contributed by atoms with van der Waals surface area (Å²) >= 11 is 0. The first-order valence-electron chi connectivity index (χ1n) is 8.55. The van der Waals surface area contributed by atoms with Crippen LogP contribution in [0, 0.1) is 5.92 Å². The Hall–Kier alpha value is -1.34. The number of rotatable bonds is 5. The van der Waals surface area contributed by atoms with Crippen molar-refractivity contribution in [2.45, 2.75) is 51.5 Å². The Morgan fingerprint density at radius 2 is 1.76 bits per heavy atom. The first-order valence-corrected chi connectivity index (χ1v) is 8.55. The van der Waals surface area contributed by atoms with Gasteiger partial charge in [-0.2, -0.15) is 0 Å². The molecule has 1 fully saturated rings. The van der Waals surface area contributed by atoms with Gasteiger partial charge in [-0.15, -0.1) is 0 Å². The van der Waals surface area contributed by atoms with Gasteiger partial charge in [-0.05, 0) is 48.2 Å². The fourth-order valence-electron chi connectivity index (χ4n) is 3.57. The summed E-state index contributed by atoms with van der Waals surface area (Å²) in [6, 6.07) is 15.9. The van der Waals surface area contributed by atoms with E-state index in [2.05, 4.69) is 54.7 Å². The van der Waals surface area contributed by atoms with E-state index in [4.69, 9.17) is 0 Å². The summed E-state index contributed by atoms with van der Waals surface area (Å²) in [6.07, 6.45) is 8.60. The lowest BCUT2D eigenvalue weighted by Gasteiger charge is -2.23. The van der Waals surface area contributed by atoms with Gasteiger partial charge in [-0.1, -0.05) is 68.5 Å². The second-order valence-electron chi connectivity index (χ2n) is 6.58. The monoisotopic (exact) mass is 281 g/mol. The summed E-state index contributed by atoms with van der Waals surface area (Å²) in [5.41, 5.74) is 1.40. The molecule has 112 valence electrons. The Morgan fingerprint density at radius 3 is 2.57 bits per heavy atom. The maximum Gasteiger partial charge on any atom is 0.0292 e. The van der Waals surface area contributed by atoms with Crippen LogP contribution in [0.1, 0.15) is 57.1 Å². The predicted octanol–water partition coefficient (Wildman–Crippen LogP) is 5.46. The van der Waals surface area contributed by atoms with Crippen LogP contribution in [-0.2, 0) is 0 Å². The molecule has 1 aliphatic carbocycles. The van der Waals surface area contributed by atoms with Crippen LogP contribution >= 0.6 is 0 Å². The zero-order valence-electron chi connectivity index (χ0n) is 13.1. The van der Waals surface area contributed by atoms with E-state index in [0.29, 0.717) is 6.04 Å². The minimum atomic E-state index is 0.443. The zero-order valence-corrected chi connectivity index (χ0v) is 13.1. The number of fused-ring (bicyclic) bond motifs is 1. The second kappa shape index (κ2) is 7.09. The summed E-state index contributed by atoms with van der Waals surface area (Å²) in [6.45, 7) is 3.43. The minimum absolute atomic E-state index is 0.443. The Morgan fingerprint density at radius 1 is 1.00 bits per heavy atom. The summed E-state index contributed by atoms with van der Waals surface area (Å²) in [4.78, 5) is 0. The highest BCUT2D eigenvalue weighted by Crippen LogP contribution is 2.26. The molecule has 3 rings (SSSR count). The smallest absolute Gasteiger partial charge is 0.0292 e. The lowest BCUT2D eigenvalue weighted by atomic mass is 9.87. The van der Waals surface area contributed by atoms with E-state index in [1.54, 1.807) is 0 Å². The molecule has 1 saturated carbocycles. The molecule has 0 radical (unpaired) electrons. The van der Waals surface area contributed by atoms with Crippen LogP contribution in [0.5, 0.6) is 0 Å². The second-order valence-corrected chi connectivity index (χ2v) is 6.58. The van der Waals surface area contributed by atoms with E-state index in [1.165, 1.54) is 54.9 Å². The summed E-state index contributed by atoms with van der Waals surface area (Å²) < 4.78 is 0. The molecule has 0 aliphatic heterocycles. The van der Waals surface area contributed by atoms with Crippen molar-refractivity contribution in [2.75, 3.05) is 6.54 Å². The van der Waals surface area contributed by atoms with Gasteiger partial charge in [0.25, 0.3) is 0 Å².